The molecule has 2 aromatic heterocycles. The second-order valence-electron chi connectivity index (χ2n) is 12.0. The Morgan fingerprint density at radius 3 is 2.68 bits per heavy atom. The molecule has 0 radical (unpaired) electrons. The second-order valence-corrected chi connectivity index (χ2v) is 12.0. The summed E-state index contributed by atoms with van der Waals surface area (Å²) in [5.41, 5.74) is 15.3. The summed E-state index contributed by atoms with van der Waals surface area (Å²) >= 11 is 0. The molecule has 1 atom stereocenters. The average molecular weight is 559 g/mol. The number of hydrazone groups is 1. The summed E-state index contributed by atoms with van der Waals surface area (Å²) in [6, 6.07) is 6.54. The Balaban J connectivity index is 1.18. The summed E-state index contributed by atoms with van der Waals surface area (Å²) in [5.74, 6) is 1.22. The molecule has 10 nitrogen and oxygen atoms in total. The van der Waals surface area contributed by atoms with Crippen molar-refractivity contribution in [1.82, 2.24) is 30.3 Å². The number of nitrogens with one attached hydrogen (secondary N) is 2. The number of benzene rings is 1. The molecule has 3 aromatic rings. The van der Waals surface area contributed by atoms with Gasteiger partial charge in [0, 0.05) is 55.8 Å². The predicted molar refractivity (Wildman–Crippen MR) is 162 cm³/mol. The first-order valence-corrected chi connectivity index (χ1v) is 14.9. The van der Waals surface area contributed by atoms with Gasteiger partial charge in [-0.25, -0.2) is 0 Å². The van der Waals surface area contributed by atoms with Gasteiger partial charge in [0.15, 0.2) is 11.6 Å². The van der Waals surface area contributed by atoms with E-state index in [1.807, 2.05) is 12.1 Å². The molecule has 0 bridgehead atoms. The third-order valence-electron chi connectivity index (χ3n) is 8.91. The van der Waals surface area contributed by atoms with Crippen molar-refractivity contribution in [1.29, 1.82) is 0 Å². The molecule has 218 valence electrons. The first-order valence-electron chi connectivity index (χ1n) is 14.9. The number of aryl methyl sites for hydroxylation is 2. The largest absolute Gasteiger partial charge is 0.454 e. The van der Waals surface area contributed by atoms with Gasteiger partial charge < -0.3 is 20.4 Å². The average Bonchev–Trinajstić information content (AvgIpc) is 3.51. The van der Waals surface area contributed by atoms with E-state index in [0.717, 1.165) is 97.7 Å². The van der Waals surface area contributed by atoms with Crippen LogP contribution in [0.4, 0.5) is 0 Å². The van der Waals surface area contributed by atoms with Gasteiger partial charge in [0.2, 0.25) is 5.91 Å². The van der Waals surface area contributed by atoms with Crippen LogP contribution in [0.1, 0.15) is 67.1 Å². The Labute approximate surface area is 241 Å². The summed E-state index contributed by atoms with van der Waals surface area (Å²) in [6.45, 7) is 11.3. The van der Waals surface area contributed by atoms with E-state index < -0.39 is 0 Å². The van der Waals surface area contributed by atoms with Gasteiger partial charge in [-0.05, 0) is 65.6 Å². The van der Waals surface area contributed by atoms with Crippen LogP contribution in [0.25, 0.3) is 22.4 Å². The van der Waals surface area contributed by atoms with E-state index in [0.29, 0.717) is 5.84 Å². The van der Waals surface area contributed by atoms with Crippen molar-refractivity contribution in [3.05, 3.63) is 52.7 Å². The molecule has 10 heteroatoms. The third-order valence-corrected chi connectivity index (χ3v) is 8.91. The Morgan fingerprint density at radius 1 is 1.17 bits per heavy atom. The predicted octanol–water partition coefficient (Wildman–Crippen LogP) is 3.60. The van der Waals surface area contributed by atoms with Crippen LogP contribution in [0.15, 0.2) is 39.9 Å². The van der Waals surface area contributed by atoms with Crippen LogP contribution in [-0.2, 0) is 4.79 Å². The van der Waals surface area contributed by atoms with Gasteiger partial charge >= 0.3 is 0 Å². The zero-order valence-electron chi connectivity index (χ0n) is 24.6. The van der Waals surface area contributed by atoms with E-state index in [2.05, 4.69) is 70.3 Å². The van der Waals surface area contributed by atoms with Crippen molar-refractivity contribution in [3.8, 4) is 11.5 Å². The number of rotatable bonds is 6. The van der Waals surface area contributed by atoms with E-state index in [9.17, 15) is 4.79 Å². The van der Waals surface area contributed by atoms with Crippen molar-refractivity contribution < 1.29 is 9.21 Å². The van der Waals surface area contributed by atoms with Crippen LogP contribution in [-0.4, -0.2) is 77.1 Å². The molecule has 1 amide bonds. The number of carbonyl (C=O) groups is 1. The van der Waals surface area contributed by atoms with Crippen molar-refractivity contribution in [2.75, 3.05) is 39.8 Å². The molecule has 2 fully saturated rings. The number of amidine groups is 1. The fourth-order valence-corrected chi connectivity index (χ4v) is 6.39. The summed E-state index contributed by atoms with van der Waals surface area (Å²) in [6.07, 6.45) is 7.28. The number of hydrogen-bond acceptors (Lipinski definition) is 8. The van der Waals surface area contributed by atoms with Gasteiger partial charge in [-0.3, -0.25) is 19.8 Å². The molecule has 1 saturated carbocycles. The minimum absolute atomic E-state index is 0.00472. The lowest BCUT2D eigenvalue weighted by Crippen LogP contribution is -2.44. The highest BCUT2D eigenvalue weighted by Gasteiger charge is 2.35. The molecule has 1 aliphatic carbocycles. The number of aromatic nitrogens is 2. The van der Waals surface area contributed by atoms with Crippen molar-refractivity contribution in [2.24, 2.45) is 10.8 Å². The standard InChI is InChI=1S/C31H42N8O2/c1-19-7-12-25-24(18-19)20(2)30(41-25)29-27-28(21(3)34-35-31(27)32)36-39(29)23-10-8-22(9-11-23)33-26(40)6-5-13-38-16-14-37(4)15-17-38/h5-7,12,18,21-23,34H,8-11,13-17H2,1-4H3,(H2,32,35)(H,33,40)/b6-5+. The number of hydrogen-bond donors (Lipinski definition) is 3. The van der Waals surface area contributed by atoms with E-state index in [1.54, 1.807) is 6.08 Å². The number of carbonyl (C=O) groups excluding carboxylic acids is 1. The Hall–Kier alpha value is -3.63. The summed E-state index contributed by atoms with van der Waals surface area (Å²) in [7, 11) is 2.15. The topological polar surface area (TPSA) is 117 Å². The highest BCUT2D eigenvalue weighted by molar-refractivity contribution is 6.05. The van der Waals surface area contributed by atoms with Crippen LogP contribution in [0.3, 0.4) is 0 Å². The van der Waals surface area contributed by atoms with Gasteiger partial charge in [-0.2, -0.15) is 10.2 Å². The summed E-state index contributed by atoms with van der Waals surface area (Å²) in [5, 5.41) is 13.8. The zero-order chi connectivity index (χ0) is 28.7. The van der Waals surface area contributed by atoms with E-state index in [4.69, 9.17) is 15.2 Å². The minimum Gasteiger partial charge on any atom is -0.454 e. The van der Waals surface area contributed by atoms with Gasteiger partial charge in [-0.15, -0.1) is 0 Å². The minimum atomic E-state index is -0.0579. The lowest BCUT2D eigenvalue weighted by Gasteiger charge is -2.31. The number of piperazine rings is 1. The van der Waals surface area contributed by atoms with Crippen LogP contribution < -0.4 is 16.5 Å². The van der Waals surface area contributed by atoms with E-state index >= 15 is 0 Å². The maximum absolute atomic E-state index is 12.7. The summed E-state index contributed by atoms with van der Waals surface area (Å²) in [4.78, 5) is 17.4. The van der Waals surface area contributed by atoms with Crippen LogP contribution >= 0.6 is 0 Å². The molecule has 4 N–H and O–H groups in total. The van der Waals surface area contributed by atoms with Gasteiger partial charge in [0.05, 0.1) is 23.3 Å². The van der Waals surface area contributed by atoms with Crippen LogP contribution in [0.5, 0.6) is 0 Å². The van der Waals surface area contributed by atoms with Crippen LogP contribution in [0.2, 0.25) is 0 Å². The lowest BCUT2D eigenvalue weighted by atomic mass is 9.90. The fraction of sp³-hybridized carbons (Fsp3) is 0.516. The highest BCUT2D eigenvalue weighted by Crippen LogP contribution is 2.41. The van der Waals surface area contributed by atoms with E-state index in [1.165, 1.54) is 5.56 Å². The second kappa shape index (κ2) is 11.3. The third kappa shape index (κ3) is 5.50. The quantitative estimate of drug-likeness (QED) is 0.396. The fourth-order valence-electron chi connectivity index (χ4n) is 6.39. The summed E-state index contributed by atoms with van der Waals surface area (Å²) < 4.78 is 8.60. The molecular formula is C31H42N8O2. The molecule has 0 spiro atoms. The molecule has 2 aliphatic heterocycles. The van der Waals surface area contributed by atoms with Gasteiger partial charge in [0.1, 0.15) is 11.3 Å². The van der Waals surface area contributed by atoms with Crippen LogP contribution in [0, 0.1) is 13.8 Å². The maximum Gasteiger partial charge on any atom is 0.243 e. The molecule has 1 saturated heterocycles. The smallest absolute Gasteiger partial charge is 0.243 e. The first-order chi connectivity index (χ1) is 19.8. The lowest BCUT2D eigenvalue weighted by molar-refractivity contribution is -0.117. The number of amides is 1. The number of nitrogens with zero attached hydrogens (tertiary/aromatic N) is 5. The number of nitrogens with two attached hydrogens (primary N) is 1. The Kier molecular flexibility index (Phi) is 7.61. The SMILES string of the molecule is Cc1ccc2oc(-c3c4c(nn3C3CCC(NC(=O)/C=C/CN5CCN(C)CC5)CC3)C(C)NN=C4N)c(C)c2c1. The Morgan fingerprint density at radius 2 is 1.93 bits per heavy atom. The van der Waals surface area contributed by atoms with E-state index in [-0.39, 0.29) is 24.0 Å². The number of likely N-dealkylation sites (N-methyl/N-ethyl adjacent to an activating group) is 1. The number of fused-ring (bicyclic) bond motifs is 2. The molecule has 41 heavy (non-hydrogen) atoms. The van der Waals surface area contributed by atoms with Gasteiger partial charge in [0.25, 0.3) is 0 Å². The number of furan rings is 1. The molecule has 1 aromatic carbocycles. The molecule has 3 aliphatic rings. The van der Waals surface area contributed by atoms with Crippen molar-refractivity contribution in [3.63, 3.8) is 0 Å². The molecular weight excluding hydrogens is 516 g/mol. The molecule has 1 unspecified atom stereocenters. The highest BCUT2D eigenvalue weighted by atomic mass is 16.3. The van der Waals surface area contributed by atoms with Gasteiger partial charge in [-0.1, -0.05) is 17.7 Å². The van der Waals surface area contributed by atoms with Crippen molar-refractivity contribution in [2.45, 2.75) is 64.6 Å². The monoisotopic (exact) mass is 558 g/mol. The zero-order valence-corrected chi connectivity index (χ0v) is 24.6. The molecule has 6 rings (SSSR count). The molecule has 4 heterocycles. The first kappa shape index (κ1) is 27.5. The normalized spacial score (nSPS) is 23.9. The maximum atomic E-state index is 12.7. The van der Waals surface area contributed by atoms with Crippen molar-refractivity contribution >= 4 is 22.7 Å². The Bertz CT molecular complexity index is 1490.